The smallest absolute Gasteiger partial charge is 0.309 e. The number of benzene rings is 1. The van der Waals surface area contributed by atoms with Crippen molar-refractivity contribution in [3.05, 3.63) is 59.2 Å². The van der Waals surface area contributed by atoms with E-state index < -0.39 is 17.2 Å². The molecule has 8 heteroatoms. The standard InChI is InChI=1S/C26H30FN3O4/c1-26(2,25(32)33)11-4-7-23(31)29-13-10-18-19-6-5-12-28-24(19)30(21(18)16-29)15-17-8-9-22(34-3)20(27)14-17/h5-6,8-9,12,14H,4,7,10-11,13,15-16H2,1-3H3,(H,32,33). The summed E-state index contributed by atoms with van der Waals surface area (Å²) in [6.45, 7) is 4.85. The minimum Gasteiger partial charge on any atom is -0.494 e. The number of aliphatic carboxylic acids is 1. The van der Waals surface area contributed by atoms with Crippen LogP contribution in [0.25, 0.3) is 11.0 Å². The van der Waals surface area contributed by atoms with Crippen LogP contribution in [-0.4, -0.2) is 45.1 Å². The molecule has 0 unspecified atom stereocenters. The number of carboxylic acid groups (broad SMARTS) is 1. The van der Waals surface area contributed by atoms with Crippen LogP contribution in [0, 0.1) is 11.2 Å². The normalized spacial score (nSPS) is 13.7. The number of hydrogen-bond donors (Lipinski definition) is 1. The Morgan fingerprint density at radius 3 is 2.76 bits per heavy atom. The number of carbonyl (C=O) groups is 2. The van der Waals surface area contributed by atoms with Crippen molar-refractivity contribution in [3.63, 3.8) is 0 Å². The number of carboxylic acids is 1. The quantitative estimate of drug-likeness (QED) is 0.531. The van der Waals surface area contributed by atoms with Crippen LogP contribution < -0.4 is 4.74 Å². The molecule has 1 aliphatic heterocycles. The van der Waals surface area contributed by atoms with E-state index in [-0.39, 0.29) is 11.7 Å². The Morgan fingerprint density at radius 2 is 2.06 bits per heavy atom. The summed E-state index contributed by atoms with van der Waals surface area (Å²) in [6, 6.07) is 8.86. The first-order chi connectivity index (χ1) is 16.2. The molecule has 34 heavy (non-hydrogen) atoms. The molecule has 0 radical (unpaired) electrons. The number of pyridine rings is 1. The van der Waals surface area contributed by atoms with E-state index in [1.54, 1.807) is 26.1 Å². The number of halogens is 1. The zero-order valence-electron chi connectivity index (χ0n) is 19.8. The fraction of sp³-hybridized carbons (Fsp3) is 0.423. The van der Waals surface area contributed by atoms with Gasteiger partial charge in [-0.05, 0) is 68.5 Å². The summed E-state index contributed by atoms with van der Waals surface area (Å²) in [7, 11) is 1.44. The van der Waals surface area contributed by atoms with Crippen LogP contribution in [0.15, 0.2) is 36.5 Å². The average molecular weight is 468 g/mol. The van der Waals surface area contributed by atoms with Gasteiger partial charge in [-0.3, -0.25) is 9.59 Å². The first-order valence-corrected chi connectivity index (χ1v) is 11.5. The first-order valence-electron chi connectivity index (χ1n) is 11.5. The van der Waals surface area contributed by atoms with E-state index in [2.05, 4.69) is 9.55 Å². The van der Waals surface area contributed by atoms with Crippen LogP contribution in [0.3, 0.4) is 0 Å². The highest BCUT2D eigenvalue weighted by Crippen LogP contribution is 2.32. The fourth-order valence-electron chi connectivity index (χ4n) is 4.58. The molecule has 0 spiro atoms. The highest BCUT2D eigenvalue weighted by Gasteiger charge is 2.29. The predicted molar refractivity (Wildman–Crippen MR) is 126 cm³/mol. The second kappa shape index (κ2) is 9.44. The van der Waals surface area contributed by atoms with Crippen molar-refractivity contribution in [2.75, 3.05) is 13.7 Å². The molecule has 0 atom stereocenters. The van der Waals surface area contributed by atoms with Gasteiger partial charge in [-0.25, -0.2) is 9.37 Å². The number of rotatable bonds is 8. The molecule has 0 saturated heterocycles. The molecule has 3 heterocycles. The third-order valence-corrected chi connectivity index (χ3v) is 6.69. The summed E-state index contributed by atoms with van der Waals surface area (Å²) in [5.74, 6) is -1.05. The van der Waals surface area contributed by atoms with Crippen LogP contribution in [0.5, 0.6) is 5.75 Å². The molecule has 1 aromatic carbocycles. The molecule has 0 saturated carbocycles. The number of fused-ring (bicyclic) bond motifs is 3. The molecular weight excluding hydrogens is 437 g/mol. The summed E-state index contributed by atoms with van der Waals surface area (Å²) in [6.07, 6.45) is 3.74. The van der Waals surface area contributed by atoms with Crippen LogP contribution in [-0.2, 0) is 29.1 Å². The third kappa shape index (κ3) is 4.62. The van der Waals surface area contributed by atoms with Crippen LogP contribution in [0.2, 0.25) is 0 Å². The van der Waals surface area contributed by atoms with Gasteiger partial charge < -0.3 is 19.3 Å². The lowest BCUT2D eigenvalue weighted by Crippen LogP contribution is -2.36. The number of hydrogen-bond acceptors (Lipinski definition) is 4. The van der Waals surface area contributed by atoms with E-state index in [0.717, 1.165) is 22.3 Å². The lowest BCUT2D eigenvalue weighted by atomic mass is 9.87. The van der Waals surface area contributed by atoms with Gasteiger partial charge in [0.1, 0.15) is 5.65 Å². The number of nitrogens with zero attached hydrogens (tertiary/aromatic N) is 3. The highest BCUT2D eigenvalue weighted by atomic mass is 19.1. The van der Waals surface area contributed by atoms with Gasteiger partial charge in [-0.1, -0.05) is 6.07 Å². The Labute approximate surface area is 198 Å². The Kier molecular flexibility index (Phi) is 6.59. The monoisotopic (exact) mass is 467 g/mol. The number of methoxy groups -OCH3 is 1. The van der Waals surface area contributed by atoms with Gasteiger partial charge in [0, 0.05) is 36.8 Å². The van der Waals surface area contributed by atoms with E-state index in [1.807, 2.05) is 23.1 Å². The Balaban J connectivity index is 1.56. The Bertz CT molecular complexity index is 1230. The molecule has 0 fully saturated rings. The van der Waals surface area contributed by atoms with Crippen molar-refractivity contribution < 1.29 is 23.8 Å². The topological polar surface area (TPSA) is 84.7 Å². The summed E-state index contributed by atoms with van der Waals surface area (Å²) in [5.41, 5.74) is 2.94. The molecule has 0 aliphatic carbocycles. The molecule has 1 N–H and O–H groups in total. The molecule has 7 nitrogen and oxygen atoms in total. The zero-order chi connectivity index (χ0) is 24.5. The van der Waals surface area contributed by atoms with Crippen molar-refractivity contribution in [2.24, 2.45) is 5.41 Å². The second-order valence-corrected chi connectivity index (χ2v) is 9.46. The largest absolute Gasteiger partial charge is 0.494 e. The van der Waals surface area contributed by atoms with Crippen LogP contribution in [0.1, 0.15) is 49.9 Å². The van der Waals surface area contributed by atoms with Crippen molar-refractivity contribution in [1.82, 2.24) is 14.5 Å². The van der Waals surface area contributed by atoms with E-state index in [1.165, 1.54) is 18.7 Å². The van der Waals surface area contributed by atoms with E-state index in [9.17, 15) is 19.1 Å². The maximum atomic E-state index is 14.3. The van der Waals surface area contributed by atoms with Crippen molar-refractivity contribution in [3.8, 4) is 5.75 Å². The summed E-state index contributed by atoms with van der Waals surface area (Å²) in [4.78, 5) is 30.7. The van der Waals surface area contributed by atoms with Gasteiger partial charge in [-0.2, -0.15) is 0 Å². The molecular formula is C26H30FN3O4. The maximum Gasteiger partial charge on any atom is 0.309 e. The van der Waals surface area contributed by atoms with Crippen LogP contribution in [0.4, 0.5) is 4.39 Å². The van der Waals surface area contributed by atoms with Crippen molar-refractivity contribution in [1.29, 1.82) is 0 Å². The number of amides is 1. The Morgan fingerprint density at radius 1 is 1.26 bits per heavy atom. The minimum absolute atomic E-state index is 0.0205. The minimum atomic E-state index is -0.852. The number of carbonyl (C=O) groups excluding carboxylic acids is 1. The molecule has 180 valence electrons. The first kappa shape index (κ1) is 23.7. The molecule has 3 aromatic rings. The second-order valence-electron chi connectivity index (χ2n) is 9.46. The van der Waals surface area contributed by atoms with E-state index in [0.29, 0.717) is 45.3 Å². The SMILES string of the molecule is COc1ccc(Cn2c3c(c4cccnc42)CCN(C(=O)CCCC(C)(C)C(=O)O)C3)cc1F. The average Bonchev–Trinajstić information content (AvgIpc) is 3.12. The molecule has 4 rings (SSSR count). The van der Waals surface area contributed by atoms with E-state index >= 15 is 0 Å². The Hall–Kier alpha value is -3.42. The van der Waals surface area contributed by atoms with Gasteiger partial charge in [-0.15, -0.1) is 0 Å². The summed E-state index contributed by atoms with van der Waals surface area (Å²) >= 11 is 0. The summed E-state index contributed by atoms with van der Waals surface area (Å²) in [5, 5.41) is 10.4. The molecule has 1 amide bonds. The fourth-order valence-corrected chi connectivity index (χ4v) is 4.58. The summed E-state index contributed by atoms with van der Waals surface area (Å²) < 4.78 is 21.4. The molecule has 2 aromatic heterocycles. The van der Waals surface area contributed by atoms with Crippen molar-refractivity contribution >= 4 is 22.9 Å². The molecule has 0 bridgehead atoms. The lowest BCUT2D eigenvalue weighted by Gasteiger charge is -2.29. The van der Waals surface area contributed by atoms with Gasteiger partial charge >= 0.3 is 5.97 Å². The maximum absolute atomic E-state index is 14.3. The molecule has 1 aliphatic rings. The van der Waals surface area contributed by atoms with Gasteiger partial charge in [0.2, 0.25) is 5.91 Å². The highest BCUT2D eigenvalue weighted by molar-refractivity contribution is 5.84. The van der Waals surface area contributed by atoms with Gasteiger partial charge in [0.25, 0.3) is 0 Å². The van der Waals surface area contributed by atoms with Gasteiger partial charge in [0.15, 0.2) is 11.6 Å². The number of aromatic nitrogens is 2. The predicted octanol–water partition coefficient (Wildman–Crippen LogP) is 4.40. The van der Waals surface area contributed by atoms with E-state index in [4.69, 9.17) is 4.74 Å². The number of ether oxygens (including phenoxy) is 1. The third-order valence-electron chi connectivity index (χ3n) is 6.69. The lowest BCUT2D eigenvalue weighted by molar-refractivity contribution is -0.147. The van der Waals surface area contributed by atoms with Gasteiger partial charge in [0.05, 0.1) is 19.1 Å². The van der Waals surface area contributed by atoms with Crippen LogP contribution >= 0.6 is 0 Å². The van der Waals surface area contributed by atoms with Crippen molar-refractivity contribution in [2.45, 2.75) is 52.6 Å². The zero-order valence-corrected chi connectivity index (χ0v) is 19.8.